The van der Waals surface area contributed by atoms with Crippen molar-refractivity contribution in [1.29, 1.82) is 0 Å². The van der Waals surface area contributed by atoms with Crippen molar-refractivity contribution in [3.8, 4) is 0 Å². The van der Waals surface area contributed by atoms with Gasteiger partial charge in [-0.2, -0.15) is 10.1 Å². The first-order valence-electron chi connectivity index (χ1n) is 6.03. The highest BCUT2D eigenvalue weighted by atomic mass is 35.5. The van der Waals surface area contributed by atoms with Gasteiger partial charge in [0.2, 0.25) is 5.95 Å². The number of hydrogen-bond acceptors (Lipinski definition) is 5. The lowest BCUT2D eigenvalue weighted by molar-refractivity contribution is 0.623. The lowest BCUT2D eigenvalue weighted by atomic mass is 10.1. The van der Waals surface area contributed by atoms with Crippen molar-refractivity contribution in [2.45, 2.75) is 26.3 Å². The number of nitrogens with one attached hydrogen (secondary N) is 2. The summed E-state index contributed by atoms with van der Waals surface area (Å²) in [6.45, 7) is 5.99. The van der Waals surface area contributed by atoms with Crippen molar-refractivity contribution >= 4 is 29.1 Å². The molecule has 1 heterocycles. The van der Waals surface area contributed by atoms with Gasteiger partial charge >= 0.3 is 0 Å². The Hall–Kier alpha value is -1.95. The molecule has 0 saturated carbocycles. The molecule has 0 amide bonds. The highest BCUT2D eigenvalue weighted by molar-refractivity contribution is 6.31. The largest absolute Gasteiger partial charge is 0.348 e. The molecule has 1 aromatic carbocycles. The van der Waals surface area contributed by atoms with Gasteiger partial charge in [0.15, 0.2) is 5.82 Å². The van der Waals surface area contributed by atoms with Crippen LogP contribution < -0.4 is 10.6 Å². The van der Waals surface area contributed by atoms with Crippen molar-refractivity contribution in [2.75, 3.05) is 10.6 Å². The summed E-state index contributed by atoms with van der Waals surface area (Å²) in [5.41, 5.74) is 0.457. The van der Waals surface area contributed by atoms with Crippen LogP contribution in [0.2, 0.25) is 5.02 Å². The zero-order chi connectivity index (χ0) is 14.8. The molecule has 2 aromatic rings. The van der Waals surface area contributed by atoms with Gasteiger partial charge in [-0.05, 0) is 39.0 Å². The molecule has 2 rings (SSSR count). The van der Waals surface area contributed by atoms with Gasteiger partial charge in [-0.15, -0.1) is 5.10 Å². The van der Waals surface area contributed by atoms with Gasteiger partial charge in [-0.3, -0.25) is 0 Å². The predicted molar refractivity (Wildman–Crippen MR) is 77.9 cm³/mol. The second-order valence-electron chi connectivity index (χ2n) is 5.29. The molecule has 2 N–H and O–H groups in total. The van der Waals surface area contributed by atoms with Gasteiger partial charge in [0.25, 0.3) is 0 Å². The standard InChI is InChI=1S/C13H15ClFN5/c1-13(2,3)19-12-18-11(7-16-20-12)17-8-4-5-10(15)9(14)6-8/h4-7H,1-3H3,(H2,17,18,19,20). The van der Waals surface area contributed by atoms with Crippen LogP contribution in [0.15, 0.2) is 24.4 Å². The van der Waals surface area contributed by atoms with Gasteiger partial charge in [0, 0.05) is 11.2 Å². The number of halogens is 2. The highest BCUT2D eigenvalue weighted by Crippen LogP contribution is 2.22. The molecule has 0 bridgehead atoms. The van der Waals surface area contributed by atoms with E-state index in [1.165, 1.54) is 18.3 Å². The van der Waals surface area contributed by atoms with Crippen LogP contribution in [0.3, 0.4) is 0 Å². The summed E-state index contributed by atoms with van der Waals surface area (Å²) in [6, 6.07) is 4.34. The molecule has 106 valence electrons. The van der Waals surface area contributed by atoms with Crippen molar-refractivity contribution in [3.05, 3.63) is 35.2 Å². The second kappa shape index (κ2) is 5.58. The van der Waals surface area contributed by atoms with Crippen molar-refractivity contribution in [3.63, 3.8) is 0 Å². The molecule has 5 nitrogen and oxygen atoms in total. The van der Waals surface area contributed by atoms with Crippen molar-refractivity contribution in [2.24, 2.45) is 0 Å². The van der Waals surface area contributed by atoms with Crippen LogP contribution in [0.4, 0.5) is 21.8 Å². The molecule has 0 spiro atoms. The average molecular weight is 296 g/mol. The van der Waals surface area contributed by atoms with E-state index >= 15 is 0 Å². The van der Waals surface area contributed by atoms with Crippen LogP contribution in [-0.4, -0.2) is 20.7 Å². The number of nitrogens with zero attached hydrogens (tertiary/aromatic N) is 3. The van der Waals surface area contributed by atoms with Crippen LogP contribution in [-0.2, 0) is 0 Å². The molecule has 0 unspecified atom stereocenters. The first kappa shape index (κ1) is 14.5. The minimum atomic E-state index is -0.465. The fourth-order valence-electron chi connectivity index (χ4n) is 1.47. The van der Waals surface area contributed by atoms with E-state index in [1.807, 2.05) is 20.8 Å². The number of benzene rings is 1. The van der Waals surface area contributed by atoms with E-state index in [4.69, 9.17) is 11.6 Å². The Morgan fingerprint density at radius 2 is 2.00 bits per heavy atom. The number of aromatic nitrogens is 3. The normalized spacial score (nSPS) is 11.2. The Balaban J connectivity index is 2.17. The zero-order valence-corrected chi connectivity index (χ0v) is 12.2. The Bertz CT molecular complexity index is 612. The quantitative estimate of drug-likeness (QED) is 0.905. The maximum atomic E-state index is 13.1. The summed E-state index contributed by atoms with van der Waals surface area (Å²) >= 11 is 5.72. The minimum Gasteiger partial charge on any atom is -0.348 e. The van der Waals surface area contributed by atoms with Crippen molar-refractivity contribution < 1.29 is 4.39 Å². The fraction of sp³-hybridized carbons (Fsp3) is 0.308. The molecule has 0 radical (unpaired) electrons. The van der Waals surface area contributed by atoms with Crippen LogP contribution in [0, 0.1) is 5.82 Å². The minimum absolute atomic E-state index is 0.0463. The lowest BCUT2D eigenvalue weighted by Gasteiger charge is -2.20. The molecule has 20 heavy (non-hydrogen) atoms. The lowest BCUT2D eigenvalue weighted by Crippen LogP contribution is -2.27. The average Bonchev–Trinajstić information content (AvgIpc) is 2.32. The Kier molecular flexibility index (Phi) is 4.04. The predicted octanol–water partition coefficient (Wildman–Crippen LogP) is 3.62. The summed E-state index contributed by atoms with van der Waals surface area (Å²) < 4.78 is 13.1. The van der Waals surface area contributed by atoms with E-state index in [2.05, 4.69) is 25.8 Å². The van der Waals surface area contributed by atoms with Gasteiger partial charge in [-0.1, -0.05) is 11.6 Å². The molecular weight excluding hydrogens is 281 g/mol. The Labute approximate surface area is 121 Å². The number of rotatable bonds is 3. The van der Waals surface area contributed by atoms with Gasteiger partial charge in [0.1, 0.15) is 5.82 Å². The Morgan fingerprint density at radius 1 is 1.25 bits per heavy atom. The molecule has 0 atom stereocenters. The molecule has 1 aromatic heterocycles. The summed E-state index contributed by atoms with van der Waals surface area (Å²) in [7, 11) is 0. The summed E-state index contributed by atoms with van der Waals surface area (Å²) in [6.07, 6.45) is 1.48. The smallest absolute Gasteiger partial charge is 0.245 e. The van der Waals surface area contributed by atoms with Gasteiger partial charge in [0.05, 0.1) is 11.2 Å². The SMILES string of the molecule is CC(C)(C)Nc1nncc(Nc2ccc(F)c(Cl)c2)n1. The highest BCUT2D eigenvalue weighted by Gasteiger charge is 2.12. The van der Waals surface area contributed by atoms with E-state index in [0.717, 1.165) is 0 Å². The third-order valence-corrected chi connectivity index (χ3v) is 2.53. The summed E-state index contributed by atoms with van der Waals surface area (Å²) in [5.74, 6) is 0.443. The maximum absolute atomic E-state index is 13.1. The summed E-state index contributed by atoms with van der Waals surface area (Å²) in [5, 5.41) is 13.9. The van der Waals surface area contributed by atoms with E-state index in [-0.39, 0.29) is 10.6 Å². The van der Waals surface area contributed by atoms with Crippen molar-refractivity contribution in [1.82, 2.24) is 15.2 Å². The topological polar surface area (TPSA) is 62.7 Å². The molecule has 7 heteroatoms. The van der Waals surface area contributed by atoms with Gasteiger partial charge < -0.3 is 10.6 Å². The third kappa shape index (κ3) is 4.03. The molecule has 0 fully saturated rings. The molecule has 0 aliphatic rings. The van der Waals surface area contributed by atoms with E-state index < -0.39 is 5.82 Å². The zero-order valence-electron chi connectivity index (χ0n) is 11.4. The monoisotopic (exact) mass is 295 g/mol. The molecule has 0 aliphatic carbocycles. The third-order valence-electron chi connectivity index (χ3n) is 2.24. The maximum Gasteiger partial charge on any atom is 0.245 e. The molecule has 0 saturated heterocycles. The Morgan fingerprint density at radius 3 is 2.65 bits per heavy atom. The number of hydrogen-bond donors (Lipinski definition) is 2. The molecular formula is C13H15ClFN5. The van der Waals surface area contributed by atoms with Gasteiger partial charge in [-0.25, -0.2) is 4.39 Å². The van der Waals surface area contributed by atoms with Crippen LogP contribution in [0.25, 0.3) is 0 Å². The van der Waals surface area contributed by atoms with E-state index in [0.29, 0.717) is 17.5 Å². The summed E-state index contributed by atoms with van der Waals surface area (Å²) in [4.78, 5) is 4.27. The van der Waals surface area contributed by atoms with Crippen LogP contribution in [0.5, 0.6) is 0 Å². The first-order chi connectivity index (χ1) is 9.33. The first-order valence-corrected chi connectivity index (χ1v) is 6.41. The molecule has 0 aliphatic heterocycles. The number of anilines is 3. The van der Waals surface area contributed by atoms with Crippen LogP contribution in [0.1, 0.15) is 20.8 Å². The second-order valence-corrected chi connectivity index (χ2v) is 5.70. The van der Waals surface area contributed by atoms with Crippen LogP contribution >= 0.6 is 11.6 Å². The fourth-order valence-corrected chi connectivity index (χ4v) is 1.65. The van der Waals surface area contributed by atoms with E-state index in [9.17, 15) is 4.39 Å². The van der Waals surface area contributed by atoms with E-state index in [1.54, 1.807) is 6.07 Å².